The number of nitrogens with one attached hydrogen (secondary N) is 2. The molecule has 0 spiro atoms. The van der Waals surface area contributed by atoms with Crippen molar-refractivity contribution in [3.8, 4) is 0 Å². The highest BCUT2D eigenvalue weighted by Gasteiger charge is 2.33. The number of hydrogen-bond donors (Lipinski definition) is 2. The molecule has 2 N–H and O–H groups in total. The summed E-state index contributed by atoms with van der Waals surface area (Å²) in [4.78, 5) is 12.3. The monoisotopic (exact) mass is 358 g/mol. The van der Waals surface area contributed by atoms with E-state index in [9.17, 15) is 13.2 Å². The predicted molar refractivity (Wildman–Crippen MR) is 98.0 cm³/mol. The third-order valence-electron chi connectivity index (χ3n) is 4.42. The summed E-state index contributed by atoms with van der Waals surface area (Å²) >= 11 is 0. The summed E-state index contributed by atoms with van der Waals surface area (Å²) in [6.45, 7) is 4.24. The number of amides is 1. The van der Waals surface area contributed by atoms with Crippen molar-refractivity contribution >= 4 is 21.6 Å². The highest BCUT2D eigenvalue weighted by Crippen LogP contribution is 2.38. The highest BCUT2D eigenvalue weighted by atomic mass is 32.2. The summed E-state index contributed by atoms with van der Waals surface area (Å²) in [5, 5.41) is 2.82. The molecule has 3 rings (SSSR count). The van der Waals surface area contributed by atoms with Gasteiger partial charge < -0.3 is 5.32 Å². The molecule has 2 aromatic rings. The number of benzene rings is 2. The molecule has 2 aromatic carbocycles. The largest absolute Gasteiger partial charge is 0.325 e. The molecule has 0 aromatic heterocycles. The summed E-state index contributed by atoms with van der Waals surface area (Å²) in [7, 11) is -3.61. The molecule has 1 heterocycles. The third-order valence-corrected chi connectivity index (χ3v) is 5.88. The van der Waals surface area contributed by atoms with Crippen molar-refractivity contribution in [2.24, 2.45) is 5.92 Å². The lowest BCUT2D eigenvalue weighted by molar-refractivity contribution is -0.117. The van der Waals surface area contributed by atoms with Crippen LogP contribution in [-0.4, -0.2) is 20.9 Å². The molecule has 6 heteroatoms. The van der Waals surface area contributed by atoms with Crippen LogP contribution in [0.4, 0.5) is 5.69 Å². The number of carbonyl (C=O) groups is 1. The Hall–Kier alpha value is -2.18. The third kappa shape index (κ3) is 3.75. The van der Waals surface area contributed by atoms with E-state index in [4.69, 9.17) is 0 Å². The van der Waals surface area contributed by atoms with Crippen molar-refractivity contribution in [3.05, 3.63) is 59.7 Å². The van der Waals surface area contributed by atoms with Crippen molar-refractivity contribution in [2.45, 2.75) is 31.1 Å². The molecule has 0 fully saturated rings. The predicted octanol–water partition coefficient (Wildman–Crippen LogP) is 2.90. The van der Waals surface area contributed by atoms with E-state index in [0.29, 0.717) is 18.7 Å². The summed E-state index contributed by atoms with van der Waals surface area (Å²) in [5.74, 6) is -0.281. The summed E-state index contributed by atoms with van der Waals surface area (Å²) in [6, 6.07) is 14.5. The quantitative estimate of drug-likeness (QED) is 0.834. The lowest BCUT2D eigenvalue weighted by Crippen LogP contribution is -2.26. The van der Waals surface area contributed by atoms with Crippen molar-refractivity contribution in [2.75, 3.05) is 11.9 Å². The van der Waals surface area contributed by atoms with Crippen molar-refractivity contribution in [1.82, 2.24) is 4.72 Å². The number of anilines is 1. The SMILES string of the molecule is CC(C)C1C(=O)Nc2ccc(S(=O)(=O)NCCc3ccccc3)cc21. The van der Waals surface area contributed by atoms with Crippen LogP contribution in [-0.2, 0) is 21.2 Å². The first kappa shape index (κ1) is 17.6. The van der Waals surface area contributed by atoms with Crippen LogP contribution in [0, 0.1) is 5.92 Å². The van der Waals surface area contributed by atoms with Crippen molar-refractivity contribution in [1.29, 1.82) is 0 Å². The van der Waals surface area contributed by atoms with Gasteiger partial charge in [0.25, 0.3) is 0 Å². The van der Waals surface area contributed by atoms with Crippen LogP contribution in [0.5, 0.6) is 0 Å². The molecule has 5 nitrogen and oxygen atoms in total. The summed E-state index contributed by atoms with van der Waals surface area (Å²) in [6.07, 6.45) is 0.625. The molecule has 0 aliphatic carbocycles. The lowest BCUT2D eigenvalue weighted by atomic mass is 9.90. The molecule has 1 aliphatic heterocycles. The molecular weight excluding hydrogens is 336 g/mol. The summed E-state index contributed by atoms with van der Waals surface area (Å²) in [5.41, 5.74) is 2.53. The topological polar surface area (TPSA) is 75.3 Å². The van der Waals surface area contributed by atoms with Crippen LogP contribution in [0.1, 0.15) is 30.9 Å². The Morgan fingerprint density at radius 1 is 1.12 bits per heavy atom. The Morgan fingerprint density at radius 3 is 2.52 bits per heavy atom. The fourth-order valence-electron chi connectivity index (χ4n) is 3.15. The Bertz CT molecular complexity index is 877. The van der Waals surface area contributed by atoms with E-state index >= 15 is 0 Å². The zero-order chi connectivity index (χ0) is 18.0. The number of hydrogen-bond acceptors (Lipinski definition) is 3. The van der Waals surface area contributed by atoms with Crippen LogP contribution < -0.4 is 10.0 Å². The zero-order valence-electron chi connectivity index (χ0n) is 14.3. The molecule has 1 unspecified atom stereocenters. The number of carbonyl (C=O) groups excluding carboxylic acids is 1. The maximum Gasteiger partial charge on any atom is 0.240 e. The van der Waals surface area contributed by atoms with Gasteiger partial charge in [-0.2, -0.15) is 0 Å². The highest BCUT2D eigenvalue weighted by molar-refractivity contribution is 7.89. The van der Waals surface area contributed by atoms with Crippen LogP contribution in [0.25, 0.3) is 0 Å². The first-order valence-corrected chi connectivity index (χ1v) is 9.85. The van der Waals surface area contributed by atoms with Gasteiger partial charge in [0, 0.05) is 12.2 Å². The first-order valence-electron chi connectivity index (χ1n) is 8.37. The number of fused-ring (bicyclic) bond motifs is 1. The normalized spacial score (nSPS) is 16.8. The minimum absolute atomic E-state index is 0.0726. The van der Waals surface area contributed by atoms with E-state index in [1.165, 1.54) is 6.07 Å². The minimum atomic E-state index is -3.61. The molecule has 0 saturated carbocycles. The van der Waals surface area contributed by atoms with Gasteiger partial charge in [-0.05, 0) is 41.7 Å². The zero-order valence-corrected chi connectivity index (χ0v) is 15.1. The van der Waals surface area contributed by atoms with E-state index in [-0.39, 0.29) is 22.6 Å². The maximum absolute atomic E-state index is 12.6. The second kappa shape index (κ2) is 6.98. The maximum atomic E-state index is 12.6. The Kier molecular flexibility index (Phi) is 4.92. The van der Waals surface area contributed by atoms with Gasteiger partial charge in [-0.1, -0.05) is 44.2 Å². The van der Waals surface area contributed by atoms with Crippen LogP contribution in [0.2, 0.25) is 0 Å². The Morgan fingerprint density at radius 2 is 1.84 bits per heavy atom. The van der Waals surface area contributed by atoms with Gasteiger partial charge in [-0.3, -0.25) is 4.79 Å². The van der Waals surface area contributed by atoms with Crippen molar-refractivity contribution in [3.63, 3.8) is 0 Å². The molecule has 1 amide bonds. The van der Waals surface area contributed by atoms with Gasteiger partial charge in [0.2, 0.25) is 15.9 Å². The van der Waals surface area contributed by atoms with Crippen molar-refractivity contribution < 1.29 is 13.2 Å². The van der Waals surface area contributed by atoms with E-state index in [2.05, 4.69) is 10.0 Å². The first-order chi connectivity index (χ1) is 11.9. The van der Waals surface area contributed by atoms with Crippen LogP contribution in [0.3, 0.4) is 0 Å². The average molecular weight is 358 g/mol. The number of rotatable bonds is 6. The van der Waals surface area contributed by atoms with Gasteiger partial charge >= 0.3 is 0 Å². The Labute approximate surface area is 148 Å². The van der Waals surface area contributed by atoms with E-state index in [1.54, 1.807) is 12.1 Å². The molecule has 0 saturated heterocycles. The molecular formula is C19H22N2O3S. The van der Waals surface area contributed by atoms with E-state index in [1.807, 2.05) is 44.2 Å². The average Bonchev–Trinajstić information content (AvgIpc) is 2.90. The molecule has 1 atom stereocenters. The fourth-order valence-corrected chi connectivity index (χ4v) is 4.22. The number of sulfonamides is 1. The molecule has 0 bridgehead atoms. The summed E-state index contributed by atoms with van der Waals surface area (Å²) < 4.78 is 27.8. The molecule has 132 valence electrons. The standard InChI is InChI=1S/C19H22N2O3S/c1-13(2)18-16-12-15(8-9-17(16)21-19(18)22)25(23,24)20-11-10-14-6-4-3-5-7-14/h3-9,12-13,18,20H,10-11H2,1-2H3,(H,21,22). The second-order valence-corrected chi connectivity index (χ2v) is 8.36. The minimum Gasteiger partial charge on any atom is -0.325 e. The van der Waals surface area contributed by atoms with Gasteiger partial charge in [-0.15, -0.1) is 0 Å². The van der Waals surface area contributed by atoms with Crippen LogP contribution >= 0.6 is 0 Å². The van der Waals surface area contributed by atoms with Gasteiger partial charge in [0.05, 0.1) is 10.8 Å². The van der Waals surface area contributed by atoms with Crippen LogP contribution in [0.15, 0.2) is 53.4 Å². The molecule has 25 heavy (non-hydrogen) atoms. The van der Waals surface area contributed by atoms with E-state index in [0.717, 1.165) is 11.1 Å². The lowest BCUT2D eigenvalue weighted by Gasteiger charge is -2.14. The smallest absolute Gasteiger partial charge is 0.240 e. The van der Waals surface area contributed by atoms with Gasteiger partial charge in [0.15, 0.2) is 0 Å². The molecule has 1 aliphatic rings. The second-order valence-electron chi connectivity index (χ2n) is 6.59. The fraction of sp³-hybridized carbons (Fsp3) is 0.316. The molecule has 0 radical (unpaired) electrons. The van der Waals surface area contributed by atoms with E-state index < -0.39 is 10.0 Å². The van der Waals surface area contributed by atoms with Gasteiger partial charge in [-0.25, -0.2) is 13.1 Å². The van der Waals surface area contributed by atoms with Gasteiger partial charge in [0.1, 0.15) is 0 Å². The Balaban J connectivity index is 1.76.